The number of thioether (sulfide) groups is 1. The molecule has 34 heavy (non-hydrogen) atoms. The van der Waals surface area contributed by atoms with Crippen molar-refractivity contribution in [1.82, 2.24) is 0 Å². The highest BCUT2D eigenvalue weighted by Crippen LogP contribution is 2.42. The third-order valence-corrected chi connectivity index (χ3v) is 6.97. The largest absolute Gasteiger partial charge is 0.321 e. The van der Waals surface area contributed by atoms with Gasteiger partial charge >= 0.3 is 0 Å². The molecule has 3 aromatic carbocycles. The van der Waals surface area contributed by atoms with Crippen LogP contribution in [0.15, 0.2) is 83.4 Å². The number of carbonyl (C=O) groups is 2. The average molecular weight is 468 g/mol. The molecule has 5 nitrogen and oxygen atoms in total. The normalized spacial score (nSPS) is 16.8. The van der Waals surface area contributed by atoms with E-state index in [9.17, 15) is 14.9 Å². The first-order valence-electron chi connectivity index (χ1n) is 11.0. The molecule has 1 atom stereocenters. The van der Waals surface area contributed by atoms with E-state index >= 15 is 0 Å². The Morgan fingerprint density at radius 2 is 1.68 bits per heavy atom. The lowest BCUT2D eigenvalue weighted by atomic mass is 10.1. The van der Waals surface area contributed by atoms with Crippen LogP contribution in [0.2, 0.25) is 0 Å². The van der Waals surface area contributed by atoms with Crippen molar-refractivity contribution in [2.75, 3.05) is 10.2 Å². The van der Waals surface area contributed by atoms with Gasteiger partial charge in [0, 0.05) is 11.4 Å². The first-order valence-corrected chi connectivity index (χ1v) is 11.9. The zero-order chi connectivity index (χ0) is 24.2. The summed E-state index contributed by atoms with van der Waals surface area (Å²) in [5.74, 6) is -0.664. The van der Waals surface area contributed by atoms with E-state index in [-0.39, 0.29) is 11.5 Å². The number of carbonyl (C=O) groups excluding carboxylic acids is 2. The summed E-state index contributed by atoms with van der Waals surface area (Å²) < 4.78 is 0. The van der Waals surface area contributed by atoms with E-state index in [0.29, 0.717) is 22.8 Å². The maximum atomic E-state index is 13.5. The number of anilines is 2. The van der Waals surface area contributed by atoms with Crippen LogP contribution in [0.5, 0.6) is 0 Å². The molecule has 1 unspecified atom stereocenters. The zero-order valence-corrected chi connectivity index (χ0v) is 20.1. The molecule has 0 spiro atoms. The Morgan fingerprint density at radius 3 is 2.35 bits per heavy atom. The molecule has 1 N–H and O–H groups in total. The van der Waals surface area contributed by atoms with Crippen LogP contribution in [0, 0.1) is 32.1 Å². The molecule has 3 aromatic rings. The van der Waals surface area contributed by atoms with Crippen molar-refractivity contribution in [2.24, 2.45) is 0 Å². The second-order valence-corrected chi connectivity index (χ2v) is 9.56. The van der Waals surface area contributed by atoms with E-state index in [1.807, 2.05) is 93.6 Å². The lowest BCUT2D eigenvalue weighted by molar-refractivity contribution is -0.117. The van der Waals surface area contributed by atoms with Gasteiger partial charge in [-0.05, 0) is 62.1 Å². The summed E-state index contributed by atoms with van der Waals surface area (Å²) in [6.45, 7) is 5.86. The van der Waals surface area contributed by atoms with Gasteiger partial charge in [-0.2, -0.15) is 5.26 Å². The molecule has 2 amide bonds. The van der Waals surface area contributed by atoms with E-state index < -0.39 is 11.2 Å². The minimum Gasteiger partial charge on any atom is -0.321 e. The van der Waals surface area contributed by atoms with Gasteiger partial charge in [-0.1, -0.05) is 71.9 Å². The Morgan fingerprint density at radius 1 is 1.00 bits per heavy atom. The molecular formula is C28H25N3O2S. The lowest BCUT2D eigenvalue weighted by Gasteiger charge is -2.19. The highest BCUT2D eigenvalue weighted by atomic mass is 32.2. The highest BCUT2D eigenvalue weighted by Gasteiger charge is 2.40. The van der Waals surface area contributed by atoms with E-state index in [1.165, 1.54) is 16.7 Å². The Bertz CT molecular complexity index is 1310. The molecule has 0 aromatic heterocycles. The number of amides is 2. The van der Waals surface area contributed by atoms with Gasteiger partial charge in [-0.25, -0.2) is 0 Å². The van der Waals surface area contributed by atoms with E-state index in [2.05, 4.69) is 11.4 Å². The van der Waals surface area contributed by atoms with Gasteiger partial charge in [-0.3, -0.25) is 14.5 Å². The minimum absolute atomic E-state index is 0.0745. The van der Waals surface area contributed by atoms with Crippen LogP contribution >= 0.6 is 11.8 Å². The zero-order valence-electron chi connectivity index (χ0n) is 19.3. The molecule has 1 fully saturated rings. The van der Waals surface area contributed by atoms with Crippen LogP contribution in [0.3, 0.4) is 0 Å². The third kappa shape index (κ3) is 4.90. The Balaban J connectivity index is 1.72. The number of nitriles is 1. The molecule has 170 valence electrons. The van der Waals surface area contributed by atoms with Crippen molar-refractivity contribution in [1.29, 1.82) is 5.26 Å². The quantitative estimate of drug-likeness (QED) is 0.387. The van der Waals surface area contributed by atoms with E-state index in [0.717, 1.165) is 22.3 Å². The lowest BCUT2D eigenvalue weighted by Crippen LogP contribution is -2.30. The summed E-state index contributed by atoms with van der Waals surface area (Å²) in [6, 6.07) is 25.0. The predicted molar refractivity (Wildman–Crippen MR) is 137 cm³/mol. The van der Waals surface area contributed by atoms with Crippen molar-refractivity contribution >= 4 is 35.0 Å². The number of aryl methyl sites for hydroxylation is 3. The van der Waals surface area contributed by atoms with Gasteiger partial charge in [0.05, 0.1) is 5.25 Å². The summed E-state index contributed by atoms with van der Waals surface area (Å²) in [5.41, 5.74) is 5.29. The second kappa shape index (κ2) is 9.98. The summed E-state index contributed by atoms with van der Waals surface area (Å²) in [6.07, 6.45) is 0.508. The monoisotopic (exact) mass is 467 g/mol. The molecular weight excluding hydrogens is 442 g/mol. The summed E-state index contributed by atoms with van der Waals surface area (Å²) in [5, 5.41) is 12.8. The van der Waals surface area contributed by atoms with Gasteiger partial charge in [0.25, 0.3) is 5.91 Å². The SMILES string of the molecule is Cc1ccc(CC2SC(=C(C#N)C(=O)Nc3cc(C)ccc3C)N(c3ccccc3)C2=O)cc1. The molecule has 0 saturated carbocycles. The van der Waals surface area contributed by atoms with Crippen LogP contribution in [-0.2, 0) is 16.0 Å². The van der Waals surface area contributed by atoms with Crippen LogP contribution in [-0.4, -0.2) is 17.1 Å². The topological polar surface area (TPSA) is 73.2 Å². The maximum absolute atomic E-state index is 13.5. The predicted octanol–water partition coefficient (Wildman–Crippen LogP) is 5.68. The van der Waals surface area contributed by atoms with Gasteiger partial charge < -0.3 is 5.32 Å². The Kier molecular flexibility index (Phi) is 6.85. The van der Waals surface area contributed by atoms with Crippen molar-refractivity contribution in [3.63, 3.8) is 0 Å². The molecule has 0 bridgehead atoms. The first-order chi connectivity index (χ1) is 16.4. The van der Waals surface area contributed by atoms with Crippen molar-refractivity contribution in [3.05, 3.63) is 106 Å². The first kappa shape index (κ1) is 23.3. The number of hydrogen-bond donors (Lipinski definition) is 1. The number of para-hydroxylation sites is 1. The smallest absolute Gasteiger partial charge is 0.269 e. The van der Waals surface area contributed by atoms with Crippen molar-refractivity contribution < 1.29 is 9.59 Å². The molecule has 1 heterocycles. The Hall–Kier alpha value is -3.82. The summed E-state index contributed by atoms with van der Waals surface area (Å²) >= 11 is 1.27. The minimum atomic E-state index is -0.525. The molecule has 1 saturated heterocycles. The van der Waals surface area contributed by atoms with Gasteiger partial charge in [0.2, 0.25) is 5.91 Å². The number of rotatable bonds is 5. The van der Waals surface area contributed by atoms with E-state index in [1.54, 1.807) is 0 Å². The highest BCUT2D eigenvalue weighted by molar-refractivity contribution is 8.05. The maximum Gasteiger partial charge on any atom is 0.269 e. The van der Waals surface area contributed by atoms with Gasteiger partial charge in [0.15, 0.2) is 0 Å². The average Bonchev–Trinajstić information content (AvgIpc) is 3.14. The molecule has 6 heteroatoms. The molecule has 4 rings (SSSR count). The molecule has 1 aliphatic rings. The van der Waals surface area contributed by atoms with Crippen LogP contribution in [0.4, 0.5) is 11.4 Å². The summed E-state index contributed by atoms with van der Waals surface area (Å²) in [4.78, 5) is 28.3. The van der Waals surface area contributed by atoms with Crippen molar-refractivity contribution in [3.8, 4) is 6.07 Å². The molecule has 1 aliphatic heterocycles. The molecule has 0 aliphatic carbocycles. The fourth-order valence-electron chi connectivity index (χ4n) is 3.79. The number of nitrogens with zero attached hydrogens (tertiary/aromatic N) is 2. The second-order valence-electron chi connectivity index (χ2n) is 8.37. The standard InChI is InChI=1S/C28H25N3O2S/c1-18-10-13-21(14-11-18)16-25-27(33)31(22-7-5-4-6-8-22)28(34-25)23(17-29)26(32)30-24-15-19(2)9-12-20(24)3/h4-15,25H,16H2,1-3H3,(H,30,32). The van der Waals surface area contributed by atoms with Crippen LogP contribution < -0.4 is 10.2 Å². The summed E-state index contributed by atoms with van der Waals surface area (Å²) in [7, 11) is 0. The third-order valence-electron chi connectivity index (χ3n) is 5.70. The number of nitrogens with one attached hydrogen (secondary N) is 1. The van der Waals surface area contributed by atoms with Gasteiger partial charge in [0.1, 0.15) is 16.7 Å². The van der Waals surface area contributed by atoms with Crippen LogP contribution in [0.1, 0.15) is 22.3 Å². The number of hydrogen-bond acceptors (Lipinski definition) is 4. The molecule has 0 radical (unpaired) electrons. The fourth-order valence-corrected chi connectivity index (χ4v) is 5.10. The Labute approximate surface area is 204 Å². The fraction of sp³-hybridized carbons (Fsp3) is 0.179. The number of benzene rings is 3. The van der Waals surface area contributed by atoms with Crippen LogP contribution in [0.25, 0.3) is 0 Å². The van der Waals surface area contributed by atoms with Crippen molar-refractivity contribution in [2.45, 2.75) is 32.4 Å². The van der Waals surface area contributed by atoms with E-state index in [4.69, 9.17) is 0 Å². The van der Waals surface area contributed by atoms with Gasteiger partial charge in [-0.15, -0.1) is 0 Å².